The van der Waals surface area contributed by atoms with Gasteiger partial charge in [0.2, 0.25) is 0 Å². The minimum atomic E-state index is 0.898. The zero-order valence-electron chi connectivity index (χ0n) is 12.4. The highest BCUT2D eigenvalue weighted by atomic mass is 14.9. The zero-order valence-corrected chi connectivity index (χ0v) is 12.4. The molecule has 0 saturated heterocycles. The van der Waals surface area contributed by atoms with Crippen molar-refractivity contribution in [3.63, 3.8) is 0 Å². The van der Waals surface area contributed by atoms with Crippen LogP contribution in [-0.2, 0) is 13.0 Å². The Morgan fingerprint density at radius 2 is 1.47 bits per heavy atom. The van der Waals surface area contributed by atoms with Gasteiger partial charge in [0.05, 0.1) is 0 Å². The largest absolute Gasteiger partial charge is 0.381 e. The van der Waals surface area contributed by atoms with Gasteiger partial charge in [-0.3, -0.25) is 0 Å². The SMILES string of the molecule is CCc1ccccc1CNc1c(C)cc(C)cc1C. The average Bonchev–Trinajstić information content (AvgIpc) is 2.38. The Morgan fingerprint density at radius 1 is 0.895 bits per heavy atom. The van der Waals surface area contributed by atoms with Gasteiger partial charge in [-0.05, 0) is 49.4 Å². The van der Waals surface area contributed by atoms with Gasteiger partial charge in [-0.2, -0.15) is 0 Å². The fourth-order valence-corrected chi connectivity index (χ4v) is 2.72. The van der Waals surface area contributed by atoms with Crippen LogP contribution in [0.15, 0.2) is 36.4 Å². The maximum absolute atomic E-state index is 3.60. The summed E-state index contributed by atoms with van der Waals surface area (Å²) in [6.45, 7) is 9.61. The topological polar surface area (TPSA) is 12.0 Å². The first-order chi connectivity index (χ1) is 9.11. The molecule has 100 valence electrons. The molecule has 0 aliphatic carbocycles. The molecule has 19 heavy (non-hydrogen) atoms. The third-order valence-electron chi connectivity index (χ3n) is 3.63. The average molecular weight is 253 g/mol. The Bertz CT molecular complexity index is 547. The quantitative estimate of drug-likeness (QED) is 0.826. The number of nitrogens with one attached hydrogen (secondary N) is 1. The summed E-state index contributed by atoms with van der Waals surface area (Å²) in [4.78, 5) is 0. The molecule has 0 unspecified atom stereocenters. The van der Waals surface area contributed by atoms with E-state index in [-0.39, 0.29) is 0 Å². The third-order valence-corrected chi connectivity index (χ3v) is 3.63. The van der Waals surface area contributed by atoms with E-state index in [1.54, 1.807) is 0 Å². The monoisotopic (exact) mass is 253 g/mol. The van der Waals surface area contributed by atoms with E-state index in [1.165, 1.54) is 33.5 Å². The lowest BCUT2D eigenvalue weighted by atomic mass is 10.0. The van der Waals surface area contributed by atoms with Gasteiger partial charge in [0.15, 0.2) is 0 Å². The maximum atomic E-state index is 3.60. The molecule has 0 amide bonds. The van der Waals surface area contributed by atoms with Crippen LogP contribution in [0.1, 0.15) is 34.7 Å². The van der Waals surface area contributed by atoms with E-state index in [0.29, 0.717) is 0 Å². The first-order valence-corrected chi connectivity index (χ1v) is 7.00. The molecule has 1 N–H and O–H groups in total. The Balaban J connectivity index is 2.19. The molecule has 0 fully saturated rings. The Morgan fingerprint density at radius 3 is 2.05 bits per heavy atom. The van der Waals surface area contributed by atoms with Crippen LogP contribution in [0.25, 0.3) is 0 Å². The number of hydrogen-bond donors (Lipinski definition) is 1. The summed E-state index contributed by atoms with van der Waals surface area (Å²) in [7, 11) is 0. The molecule has 2 aromatic rings. The summed E-state index contributed by atoms with van der Waals surface area (Å²) in [6, 6.07) is 13.1. The van der Waals surface area contributed by atoms with Crippen LogP contribution in [0.3, 0.4) is 0 Å². The summed E-state index contributed by atoms with van der Waals surface area (Å²) in [6.07, 6.45) is 1.09. The van der Waals surface area contributed by atoms with E-state index in [2.05, 4.69) is 69.4 Å². The lowest BCUT2D eigenvalue weighted by molar-refractivity contribution is 1.04. The molecule has 0 heterocycles. The normalized spacial score (nSPS) is 10.5. The van der Waals surface area contributed by atoms with Gasteiger partial charge in [-0.1, -0.05) is 48.9 Å². The van der Waals surface area contributed by atoms with Gasteiger partial charge in [0, 0.05) is 12.2 Å². The first-order valence-electron chi connectivity index (χ1n) is 7.00. The fourth-order valence-electron chi connectivity index (χ4n) is 2.72. The van der Waals surface area contributed by atoms with E-state index in [4.69, 9.17) is 0 Å². The van der Waals surface area contributed by atoms with Gasteiger partial charge in [0.25, 0.3) is 0 Å². The van der Waals surface area contributed by atoms with Crippen molar-refractivity contribution in [3.8, 4) is 0 Å². The molecule has 0 bridgehead atoms. The van der Waals surface area contributed by atoms with Crippen LogP contribution in [0, 0.1) is 20.8 Å². The second kappa shape index (κ2) is 5.92. The Labute approximate surface area is 116 Å². The lowest BCUT2D eigenvalue weighted by Gasteiger charge is -2.15. The highest BCUT2D eigenvalue weighted by Crippen LogP contribution is 2.23. The predicted molar refractivity (Wildman–Crippen MR) is 83.8 cm³/mol. The number of benzene rings is 2. The van der Waals surface area contributed by atoms with Crippen molar-refractivity contribution >= 4 is 5.69 Å². The second-order valence-corrected chi connectivity index (χ2v) is 5.25. The van der Waals surface area contributed by atoms with Crippen LogP contribution < -0.4 is 5.32 Å². The summed E-state index contributed by atoms with van der Waals surface area (Å²) in [5.74, 6) is 0. The molecule has 0 spiro atoms. The van der Waals surface area contributed by atoms with Crippen molar-refractivity contribution in [2.45, 2.75) is 40.7 Å². The molecule has 1 heteroatoms. The van der Waals surface area contributed by atoms with Gasteiger partial charge < -0.3 is 5.32 Å². The van der Waals surface area contributed by atoms with Crippen LogP contribution in [0.2, 0.25) is 0 Å². The van der Waals surface area contributed by atoms with Gasteiger partial charge >= 0.3 is 0 Å². The predicted octanol–water partition coefficient (Wildman–Crippen LogP) is 4.79. The summed E-state index contributed by atoms with van der Waals surface area (Å²) in [5, 5.41) is 3.60. The van der Waals surface area contributed by atoms with Crippen molar-refractivity contribution in [1.82, 2.24) is 0 Å². The highest BCUT2D eigenvalue weighted by Gasteiger charge is 2.05. The second-order valence-electron chi connectivity index (χ2n) is 5.25. The number of rotatable bonds is 4. The molecule has 0 aromatic heterocycles. The van der Waals surface area contributed by atoms with Crippen LogP contribution in [0.4, 0.5) is 5.69 Å². The van der Waals surface area contributed by atoms with E-state index in [9.17, 15) is 0 Å². The molecule has 0 aliphatic rings. The Kier molecular flexibility index (Phi) is 4.26. The zero-order chi connectivity index (χ0) is 13.8. The van der Waals surface area contributed by atoms with E-state index in [1.807, 2.05) is 0 Å². The minimum absolute atomic E-state index is 0.898. The van der Waals surface area contributed by atoms with E-state index in [0.717, 1.165) is 13.0 Å². The molecule has 0 aliphatic heterocycles. The van der Waals surface area contributed by atoms with Crippen molar-refractivity contribution in [1.29, 1.82) is 0 Å². The summed E-state index contributed by atoms with van der Waals surface area (Å²) >= 11 is 0. The first kappa shape index (κ1) is 13.7. The van der Waals surface area contributed by atoms with Crippen LogP contribution in [-0.4, -0.2) is 0 Å². The molecule has 2 aromatic carbocycles. The molecule has 1 nitrogen and oxygen atoms in total. The van der Waals surface area contributed by atoms with Crippen molar-refractivity contribution in [2.75, 3.05) is 5.32 Å². The van der Waals surface area contributed by atoms with Crippen molar-refractivity contribution in [3.05, 3.63) is 64.2 Å². The minimum Gasteiger partial charge on any atom is -0.381 e. The summed E-state index contributed by atoms with van der Waals surface area (Å²) in [5.41, 5.74) is 8.07. The number of anilines is 1. The molecule has 0 saturated carbocycles. The van der Waals surface area contributed by atoms with E-state index >= 15 is 0 Å². The van der Waals surface area contributed by atoms with Crippen molar-refractivity contribution in [2.24, 2.45) is 0 Å². The summed E-state index contributed by atoms with van der Waals surface area (Å²) < 4.78 is 0. The highest BCUT2D eigenvalue weighted by molar-refractivity contribution is 5.58. The molecule has 0 radical (unpaired) electrons. The molecular weight excluding hydrogens is 230 g/mol. The third kappa shape index (κ3) is 3.17. The molecule has 0 atom stereocenters. The van der Waals surface area contributed by atoms with Gasteiger partial charge in [-0.15, -0.1) is 0 Å². The number of aryl methyl sites for hydroxylation is 4. The van der Waals surface area contributed by atoms with Crippen LogP contribution in [0.5, 0.6) is 0 Å². The molecule has 2 rings (SSSR count). The van der Waals surface area contributed by atoms with Crippen molar-refractivity contribution < 1.29 is 0 Å². The van der Waals surface area contributed by atoms with Crippen LogP contribution >= 0.6 is 0 Å². The lowest BCUT2D eigenvalue weighted by Crippen LogP contribution is -2.05. The maximum Gasteiger partial charge on any atom is 0.0403 e. The standard InChI is InChI=1S/C18H23N/c1-5-16-8-6-7-9-17(16)12-19-18-14(3)10-13(2)11-15(18)4/h6-11,19H,5,12H2,1-4H3. The van der Waals surface area contributed by atoms with Gasteiger partial charge in [-0.25, -0.2) is 0 Å². The smallest absolute Gasteiger partial charge is 0.0403 e. The van der Waals surface area contributed by atoms with E-state index < -0.39 is 0 Å². The van der Waals surface area contributed by atoms with Gasteiger partial charge in [0.1, 0.15) is 0 Å². The molecular formula is C18H23N. The fraction of sp³-hybridized carbons (Fsp3) is 0.333. The Hall–Kier alpha value is -1.76. The number of hydrogen-bond acceptors (Lipinski definition) is 1.